The molecule has 27 heavy (non-hydrogen) atoms. The number of nitrogens with zero attached hydrogens (tertiary/aromatic N) is 1. The zero-order valence-electron chi connectivity index (χ0n) is 16.0. The second-order valence-electron chi connectivity index (χ2n) is 8.22. The number of thioether (sulfide) groups is 1. The molecule has 3 aliphatic rings. The normalized spacial score (nSPS) is 43.5. The summed E-state index contributed by atoms with van der Waals surface area (Å²) in [5.41, 5.74) is -1.36. The highest BCUT2D eigenvalue weighted by Crippen LogP contribution is 2.57. The number of likely N-dealkylation sites (N-methyl/N-ethyl adjacent to an activating group) is 1. The lowest BCUT2D eigenvalue weighted by atomic mass is 9.80. The molecule has 3 rings (SSSR count). The average Bonchev–Trinajstić information content (AvgIpc) is 3.12. The molecule has 1 saturated carbocycles. The molecule has 1 amide bonds. The summed E-state index contributed by atoms with van der Waals surface area (Å²) in [6.45, 7) is 4.22. The Morgan fingerprint density at radius 3 is 2.44 bits per heavy atom. The van der Waals surface area contributed by atoms with Crippen LogP contribution in [0.2, 0.25) is 0 Å². The summed E-state index contributed by atoms with van der Waals surface area (Å²) in [5, 5.41) is 22.5. The van der Waals surface area contributed by atoms with Crippen LogP contribution in [0, 0.1) is 17.8 Å². The lowest BCUT2D eigenvalue weighted by Gasteiger charge is -2.39. The third-order valence-corrected chi connectivity index (χ3v) is 8.18. The van der Waals surface area contributed by atoms with E-state index in [1.165, 1.54) is 0 Å². The van der Waals surface area contributed by atoms with E-state index in [-0.39, 0.29) is 40.7 Å². The van der Waals surface area contributed by atoms with Gasteiger partial charge in [-0.15, -0.1) is 11.8 Å². The summed E-state index contributed by atoms with van der Waals surface area (Å²) >= 11 is 1.54. The van der Waals surface area contributed by atoms with Crippen molar-refractivity contribution in [2.75, 3.05) is 20.6 Å². The lowest BCUT2D eigenvalue weighted by Crippen LogP contribution is -2.54. The maximum atomic E-state index is 12.2. The molecule has 2 heterocycles. The molecule has 0 spiro atoms. The SMILES string of the molecule is C[C@@H]1[C@@H]2C[C@@](C(=O)O)(O[C@H](C)[C@H]2C(=O)O)[C@H]1S[C@@H]1CN[C@H](C(=O)N(C)C)C1. The number of carboxylic acid groups (broad SMARTS) is 2. The lowest BCUT2D eigenvalue weighted by molar-refractivity contribution is -0.191. The Morgan fingerprint density at radius 2 is 1.89 bits per heavy atom. The van der Waals surface area contributed by atoms with Gasteiger partial charge in [-0.3, -0.25) is 9.59 Å². The molecular weight excluding hydrogens is 372 g/mol. The van der Waals surface area contributed by atoms with Crippen molar-refractivity contribution in [1.29, 1.82) is 0 Å². The third kappa shape index (κ3) is 3.34. The van der Waals surface area contributed by atoms with Gasteiger partial charge in [0.05, 0.1) is 18.1 Å². The fourth-order valence-electron chi connectivity index (χ4n) is 5.01. The van der Waals surface area contributed by atoms with Gasteiger partial charge in [0, 0.05) is 31.1 Å². The molecule has 2 bridgehead atoms. The molecule has 0 aromatic heterocycles. The standard InChI is InChI=1S/C18H28N2O6S/c1-8-11-6-18(17(24)25,26-9(2)13(11)16(22)23)14(8)27-10-5-12(19-7-10)15(21)20(3)4/h8-14,19H,5-7H2,1-4H3,(H,22,23)(H,24,25)/t8-,9-,10+,11+,12+,13-,14+,18-/m1/s1. The summed E-state index contributed by atoms with van der Waals surface area (Å²) in [6, 6.07) is -0.263. The van der Waals surface area contributed by atoms with Crippen LogP contribution in [-0.2, 0) is 19.1 Å². The van der Waals surface area contributed by atoms with Gasteiger partial charge >= 0.3 is 11.9 Å². The summed E-state index contributed by atoms with van der Waals surface area (Å²) < 4.78 is 5.91. The van der Waals surface area contributed by atoms with Crippen molar-refractivity contribution in [2.45, 2.75) is 54.9 Å². The van der Waals surface area contributed by atoms with E-state index >= 15 is 0 Å². The van der Waals surface area contributed by atoms with Crippen LogP contribution in [0.4, 0.5) is 0 Å². The molecule has 2 aliphatic heterocycles. The Kier molecular flexibility index (Phi) is 5.48. The molecule has 8 atom stereocenters. The van der Waals surface area contributed by atoms with E-state index in [1.54, 1.807) is 37.7 Å². The summed E-state index contributed by atoms with van der Waals surface area (Å²) in [7, 11) is 3.43. The molecule has 0 aromatic rings. The minimum Gasteiger partial charge on any atom is -0.481 e. The van der Waals surface area contributed by atoms with E-state index in [0.29, 0.717) is 13.0 Å². The predicted molar refractivity (Wildman–Crippen MR) is 99.6 cm³/mol. The highest BCUT2D eigenvalue weighted by atomic mass is 32.2. The van der Waals surface area contributed by atoms with Gasteiger partial charge in [-0.2, -0.15) is 0 Å². The van der Waals surface area contributed by atoms with E-state index in [1.807, 2.05) is 6.92 Å². The summed E-state index contributed by atoms with van der Waals surface area (Å²) in [4.78, 5) is 37.6. The molecule has 0 radical (unpaired) electrons. The number of amides is 1. The first kappa shape index (κ1) is 20.4. The van der Waals surface area contributed by atoms with Gasteiger partial charge in [0.2, 0.25) is 5.91 Å². The van der Waals surface area contributed by atoms with Crippen molar-refractivity contribution in [2.24, 2.45) is 17.8 Å². The van der Waals surface area contributed by atoms with E-state index < -0.39 is 29.6 Å². The van der Waals surface area contributed by atoms with E-state index in [2.05, 4.69) is 5.32 Å². The van der Waals surface area contributed by atoms with Crippen molar-refractivity contribution in [3.8, 4) is 0 Å². The summed E-state index contributed by atoms with van der Waals surface area (Å²) in [6.07, 6.45) is 0.210. The number of rotatable bonds is 5. The van der Waals surface area contributed by atoms with Crippen LogP contribution >= 0.6 is 11.8 Å². The van der Waals surface area contributed by atoms with Gasteiger partial charge in [0.15, 0.2) is 5.60 Å². The van der Waals surface area contributed by atoms with Crippen molar-refractivity contribution >= 4 is 29.6 Å². The number of hydrogen-bond acceptors (Lipinski definition) is 6. The van der Waals surface area contributed by atoms with Gasteiger partial charge in [-0.1, -0.05) is 6.92 Å². The first-order valence-corrected chi connectivity index (χ1v) is 10.3. The number of hydrogen-bond donors (Lipinski definition) is 3. The van der Waals surface area contributed by atoms with E-state index in [4.69, 9.17) is 4.74 Å². The van der Waals surface area contributed by atoms with Crippen LogP contribution in [-0.4, -0.2) is 81.8 Å². The number of carbonyl (C=O) groups is 3. The van der Waals surface area contributed by atoms with Gasteiger partial charge in [-0.05, 0) is 31.6 Å². The second kappa shape index (κ2) is 7.25. The molecular formula is C18H28N2O6S. The molecule has 9 heteroatoms. The molecule has 1 aliphatic carbocycles. The van der Waals surface area contributed by atoms with E-state index in [9.17, 15) is 24.6 Å². The highest BCUT2D eigenvalue weighted by molar-refractivity contribution is 8.00. The number of nitrogens with one attached hydrogen (secondary N) is 1. The Bertz CT molecular complexity index is 639. The molecule has 8 nitrogen and oxygen atoms in total. The van der Waals surface area contributed by atoms with Crippen LogP contribution in [0.5, 0.6) is 0 Å². The Balaban J connectivity index is 1.80. The summed E-state index contributed by atoms with van der Waals surface area (Å²) in [5.74, 6) is -2.95. The van der Waals surface area contributed by atoms with Crippen LogP contribution < -0.4 is 5.32 Å². The number of aliphatic carboxylic acids is 2. The molecule has 152 valence electrons. The zero-order chi connectivity index (χ0) is 20.1. The van der Waals surface area contributed by atoms with Gasteiger partial charge in [0.25, 0.3) is 0 Å². The Morgan fingerprint density at radius 1 is 1.22 bits per heavy atom. The average molecular weight is 400 g/mol. The number of carboxylic acids is 2. The van der Waals surface area contributed by atoms with Gasteiger partial charge in [-0.25, -0.2) is 4.79 Å². The molecule has 3 fully saturated rings. The van der Waals surface area contributed by atoms with Crippen LogP contribution in [0.25, 0.3) is 0 Å². The maximum Gasteiger partial charge on any atom is 0.337 e. The first-order valence-electron chi connectivity index (χ1n) is 9.32. The third-order valence-electron chi connectivity index (χ3n) is 6.33. The largest absolute Gasteiger partial charge is 0.481 e. The van der Waals surface area contributed by atoms with E-state index in [0.717, 1.165) is 0 Å². The zero-order valence-corrected chi connectivity index (χ0v) is 16.9. The van der Waals surface area contributed by atoms with Crippen LogP contribution in [0.3, 0.4) is 0 Å². The first-order chi connectivity index (χ1) is 12.6. The van der Waals surface area contributed by atoms with Gasteiger partial charge in [0.1, 0.15) is 0 Å². The molecule has 3 N–H and O–H groups in total. The number of fused-ring (bicyclic) bond motifs is 2. The smallest absolute Gasteiger partial charge is 0.337 e. The Hall–Kier alpha value is -1.32. The minimum atomic E-state index is -1.36. The second-order valence-corrected chi connectivity index (χ2v) is 9.66. The predicted octanol–water partition coefficient (Wildman–Crippen LogP) is 0.506. The fraction of sp³-hybridized carbons (Fsp3) is 0.833. The Labute approximate surface area is 163 Å². The number of carbonyl (C=O) groups excluding carboxylic acids is 1. The molecule has 0 unspecified atom stereocenters. The highest BCUT2D eigenvalue weighted by Gasteiger charge is 2.66. The van der Waals surface area contributed by atoms with Crippen molar-refractivity contribution in [1.82, 2.24) is 10.2 Å². The van der Waals surface area contributed by atoms with Gasteiger partial charge < -0.3 is 25.2 Å². The topological polar surface area (TPSA) is 116 Å². The van der Waals surface area contributed by atoms with Crippen molar-refractivity contribution in [3.05, 3.63) is 0 Å². The van der Waals surface area contributed by atoms with Crippen LogP contribution in [0.1, 0.15) is 26.7 Å². The monoisotopic (exact) mass is 400 g/mol. The van der Waals surface area contributed by atoms with Crippen LogP contribution in [0.15, 0.2) is 0 Å². The maximum absolute atomic E-state index is 12.2. The number of ether oxygens (including phenoxy) is 1. The molecule has 0 aromatic carbocycles. The van der Waals surface area contributed by atoms with Crippen molar-refractivity contribution < 1.29 is 29.3 Å². The molecule has 2 saturated heterocycles. The minimum absolute atomic E-state index is 0.0140. The fourth-order valence-corrected chi connectivity index (χ4v) is 6.85. The van der Waals surface area contributed by atoms with Crippen molar-refractivity contribution in [3.63, 3.8) is 0 Å². The quantitative estimate of drug-likeness (QED) is 0.611.